The summed E-state index contributed by atoms with van der Waals surface area (Å²) in [6.45, 7) is 2.78. The number of likely N-dealkylation sites (tertiary alicyclic amines) is 1. The molecule has 1 N–H and O–H groups in total. The van der Waals surface area contributed by atoms with Crippen molar-refractivity contribution in [1.29, 1.82) is 0 Å². The van der Waals surface area contributed by atoms with Crippen LogP contribution in [0.5, 0.6) is 5.75 Å². The van der Waals surface area contributed by atoms with Gasteiger partial charge in [0, 0.05) is 31.5 Å². The maximum Gasteiger partial charge on any atom is 0.263 e. The van der Waals surface area contributed by atoms with E-state index in [1.807, 2.05) is 0 Å². The number of piperidine rings is 1. The SMILES string of the molecule is CC(Oc1ccc(F)cc1)C(=O)N1CCC(NC(=O)c2cccnc2)CC1. The van der Waals surface area contributed by atoms with E-state index in [1.165, 1.54) is 30.5 Å². The van der Waals surface area contributed by atoms with Crippen molar-refractivity contribution in [2.24, 2.45) is 0 Å². The molecule has 27 heavy (non-hydrogen) atoms. The molecule has 0 bridgehead atoms. The first kappa shape index (κ1) is 18.8. The number of amides is 2. The maximum absolute atomic E-state index is 12.9. The van der Waals surface area contributed by atoms with Gasteiger partial charge < -0.3 is 15.0 Å². The van der Waals surface area contributed by atoms with Crippen molar-refractivity contribution in [1.82, 2.24) is 15.2 Å². The van der Waals surface area contributed by atoms with Crippen molar-refractivity contribution in [3.8, 4) is 5.75 Å². The molecule has 1 aliphatic heterocycles. The maximum atomic E-state index is 12.9. The molecule has 0 saturated carbocycles. The van der Waals surface area contributed by atoms with Gasteiger partial charge in [0.05, 0.1) is 5.56 Å². The highest BCUT2D eigenvalue weighted by Crippen LogP contribution is 2.17. The van der Waals surface area contributed by atoms with E-state index in [-0.39, 0.29) is 23.7 Å². The minimum absolute atomic E-state index is 0.0232. The average Bonchev–Trinajstić information content (AvgIpc) is 2.70. The van der Waals surface area contributed by atoms with E-state index in [0.29, 0.717) is 37.2 Å². The third-order valence-corrected chi connectivity index (χ3v) is 4.54. The Labute approximate surface area is 157 Å². The fraction of sp³-hybridized carbons (Fsp3) is 0.350. The first-order chi connectivity index (χ1) is 13.0. The first-order valence-electron chi connectivity index (χ1n) is 8.95. The topological polar surface area (TPSA) is 71.5 Å². The van der Waals surface area contributed by atoms with Crippen LogP contribution in [0.1, 0.15) is 30.1 Å². The van der Waals surface area contributed by atoms with E-state index in [9.17, 15) is 14.0 Å². The summed E-state index contributed by atoms with van der Waals surface area (Å²) in [6, 6.07) is 9.05. The van der Waals surface area contributed by atoms with E-state index in [1.54, 1.807) is 30.2 Å². The average molecular weight is 371 g/mol. The Morgan fingerprint density at radius 1 is 1.22 bits per heavy atom. The molecule has 0 spiro atoms. The van der Waals surface area contributed by atoms with Crippen LogP contribution in [0.3, 0.4) is 0 Å². The number of ether oxygens (including phenoxy) is 1. The molecule has 1 aromatic heterocycles. The second-order valence-corrected chi connectivity index (χ2v) is 6.53. The number of halogens is 1. The second-order valence-electron chi connectivity index (χ2n) is 6.53. The Bertz CT molecular complexity index is 775. The molecular formula is C20H22FN3O3. The predicted octanol–water partition coefficient (Wildman–Crippen LogP) is 2.41. The van der Waals surface area contributed by atoms with Gasteiger partial charge in [0.2, 0.25) is 0 Å². The van der Waals surface area contributed by atoms with E-state index in [0.717, 1.165) is 0 Å². The predicted molar refractivity (Wildman–Crippen MR) is 97.8 cm³/mol. The van der Waals surface area contributed by atoms with Gasteiger partial charge in [-0.15, -0.1) is 0 Å². The van der Waals surface area contributed by atoms with Gasteiger partial charge in [0.1, 0.15) is 11.6 Å². The molecule has 2 amide bonds. The number of pyridine rings is 1. The summed E-state index contributed by atoms with van der Waals surface area (Å²) in [5.41, 5.74) is 0.525. The summed E-state index contributed by atoms with van der Waals surface area (Å²) < 4.78 is 18.5. The van der Waals surface area contributed by atoms with E-state index in [4.69, 9.17) is 4.74 Å². The van der Waals surface area contributed by atoms with Gasteiger partial charge >= 0.3 is 0 Å². The zero-order chi connectivity index (χ0) is 19.2. The van der Waals surface area contributed by atoms with Crippen molar-refractivity contribution in [3.05, 3.63) is 60.2 Å². The molecule has 1 atom stereocenters. The molecule has 3 rings (SSSR count). The van der Waals surface area contributed by atoms with Crippen LogP contribution >= 0.6 is 0 Å². The Balaban J connectivity index is 1.47. The van der Waals surface area contributed by atoms with Crippen LogP contribution in [0.2, 0.25) is 0 Å². The van der Waals surface area contributed by atoms with Gasteiger partial charge in [0.25, 0.3) is 11.8 Å². The minimum atomic E-state index is -0.656. The molecule has 6 nitrogen and oxygen atoms in total. The van der Waals surface area contributed by atoms with Crippen molar-refractivity contribution < 1.29 is 18.7 Å². The van der Waals surface area contributed by atoms with E-state index in [2.05, 4.69) is 10.3 Å². The third-order valence-electron chi connectivity index (χ3n) is 4.54. The zero-order valence-corrected chi connectivity index (χ0v) is 15.1. The molecule has 7 heteroatoms. The Morgan fingerprint density at radius 2 is 1.93 bits per heavy atom. The summed E-state index contributed by atoms with van der Waals surface area (Å²) >= 11 is 0. The molecule has 1 aliphatic rings. The molecule has 1 fully saturated rings. The molecular weight excluding hydrogens is 349 g/mol. The molecule has 1 aromatic carbocycles. The smallest absolute Gasteiger partial charge is 0.263 e. The number of carbonyl (C=O) groups excluding carboxylic acids is 2. The summed E-state index contributed by atoms with van der Waals surface area (Å²) in [5, 5.41) is 2.99. The van der Waals surface area contributed by atoms with E-state index < -0.39 is 6.10 Å². The number of nitrogens with zero attached hydrogens (tertiary/aromatic N) is 2. The number of nitrogens with one attached hydrogen (secondary N) is 1. The number of hydrogen-bond acceptors (Lipinski definition) is 4. The number of rotatable bonds is 5. The monoisotopic (exact) mass is 371 g/mol. The van der Waals surface area contributed by atoms with Crippen molar-refractivity contribution in [2.45, 2.75) is 31.9 Å². The Kier molecular flexibility index (Phi) is 6.01. The van der Waals surface area contributed by atoms with Crippen LogP contribution in [-0.4, -0.2) is 46.9 Å². The zero-order valence-electron chi connectivity index (χ0n) is 15.1. The van der Waals surface area contributed by atoms with Crippen molar-refractivity contribution in [3.63, 3.8) is 0 Å². The van der Waals surface area contributed by atoms with Crippen molar-refractivity contribution >= 4 is 11.8 Å². The lowest BCUT2D eigenvalue weighted by molar-refractivity contribution is -0.139. The fourth-order valence-corrected chi connectivity index (χ4v) is 3.03. The number of benzene rings is 1. The van der Waals surface area contributed by atoms with E-state index >= 15 is 0 Å². The highest BCUT2D eigenvalue weighted by Gasteiger charge is 2.27. The summed E-state index contributed by atoms with van der Waals surface area (Å²) in [4.78, 5) is 30.4. The third kappa shape index (κ3) is 5.03. The lowest BCUT2D eigenvalue weighted by Crippen LogP contribution is -2.49. The van der Waals surface area contributed by atoms with Gasteiger partial charge in [-0.05, 0) is 56.2 Å². The molecule has 142 valence electrons. The van der Waals surface area contributed by atoms with Crippen LogP contribution in [0.4, 0.5) is 4.39 Å². The summed E-state index contributed by atoms with van der Waals surface area (Å²) in [5.74, 6) is -0.162. The first-order valence-corrected chi connectivity index (χ1v) is 8.95. The summed E-state index contributed by atoms with van der Waals surface area (Å²) in [6.07, 6.45) is 3.86. The molecule has 1 unspecified atom stereocenters. The van der Waals surface area contributed by atoms with Crippen LogP contribution in [0.25, 0.3) is 0 Å². The Hall–Kier alpha value is -2.96. The van der Waals surface area contributed by atoms with Gasteiger partial charge in [-0.3, -0.25) is 14.6 Å². The highest BCUT2D eigenvalue weighted by molar-refractivity contribution is 5.94. The lowest BCUT2D eigenvalue weighted by atomic mass is 10.0. The quantitative estimate of drug-likeness (QED) is 0.876. The van der Waals surface area contributed by atoms with Gasteiger partial charge in [-0.25, -0.2) is 4.39 Å². The van der Waals surface area contributed by atoms with Crippen LogP contribution in [0.15, 0.2) is 48.8 Å². The van der Waals surface area contributed by atoms with Gasteiger partial charge in [-0.2, -0.15) is 0 Å². The number of aromatic nitrogens is 1. The van der Waals surface area contributed by atoms with Crippen LogP contribution < -0.4 is 10.1 Å². The lowest BCUT2D eigenvalue weighted by Gasteiger charge is -2.33. The van der Waals surface area contributed by atoms with Crippen molar-refractivity contribution in [2.75, 3.05) is 13.1 Å². The molecule has 2 heterocycles. The number of carbonyl (C=O) groups is 2. The van der Waals surface area contributed by atoms with Crippen LogP contribution in [-0.2, 0) is 4.79 Å². The normalized spacial score (nSPS) is 15.9. The highest BCUT2D eigenvalue weighted by atomic mass is 19.1. The molecule has 0 radical (unpaired) electrons. The number of hydrogen-bond donors (Lipinski definition) is 1. The molecule has 0 aliphatic carbocycles. The Morgan fingerprint density at radius 3 is 2.56 bits per heavy atom. The summed E-state index contributed by atoms with van der Waals surface area (Å²) in [7, 11) is 0. The minimum Gasteiger partial charge on any atom is -0.481 e. The van der Waals surface area contributed by atoms with Gasteiger partial charge in [0.15, 0.2) is 6.10 Å². The molecule has 2 aromatic rings. The van der Waals surface area contributed by atoms with Gasteiger partial charge in [-0.1, -0.05) is 0 Å². The fourth-order valence-electron chi connectivity index (χ4n) is 3.03. The molecule has 1 saturated heterocycles. The second kappa shape index (κ2) is 8.62. The largest absolute Gasteiger partial charge is 0.481 e. The standard InChI is InChI=1S/C20H22FN3O3/c1-14(27-18-6-4-16(21)5-7-18)20(26)24-11-8-17(9-12-24)23-19(25)15-3-2-10-22-13-15/h2-7,10,13-14,17H,8-9,11-12H2,1H3,(H,23,25). The van der Waals surface area contributed by atoms with Crippen LogP contribution in [0, 0.1) is 5.82 Å².